The summed E-state index contributed by atoms with van der Waals surface area (Å²) in [5, 5.41) is 0. The topological polar surface area (TPSA) is 30.5 Å². The average molecular weight is 233 g/mol. The number of hydrogen-bond acceptors (Lipinski definition) is 3. The maximum absolute atomic E-state index is 5.91. The zero-order valence-corrected chi connectivity index (χ0v) is 12.1. The third kappa shape index (κ3) is 4.63. The SMILES string of the molecule is CCO[Si](NC(C)CC)(OCC)C(C)C. The lowest BCUT2D eigenvalue weighted by Gasteiger charge is -2.35. The summed E-state index contributed by atoms with van der Waals surface area (Å²) in [6, 6.07) is 0.456. The van der Waals surface area contributed by atoms with E-state index in [1.54, 1.807) is 0 Å². The van der Waals surface area contributed by atoms with Crippen molar-refractivity contribution in [1.82, 2.24) is 4.98 Å². The van der Waals surface area contributed by atoms with Gasteiger partial charge in [0.2, 0.25) is 0 Å². The zero-order valence-electron chi connectivity index (χ0n) is 11.1. The highest BCUT2D eigenvalue weighted by atomic mass is 28.4. The van der Waals surface area contributed by atoms with E-state index >= 15 is 0 Å². The molecule has 0 bridgehead atoms. The third-order valence-electron chi connectivity index (χ3n) is 2.54. The molecule has 0 aromatic heterocycles. The van der Waals surface area contributed by atoms with Crippen molar-refractivity contribution in [1.29, 1.82) is 0 Å². The second-order valence-electron chi connectivity index (χ2n) is 4.14. The fourth-order valence-corrected chi connectivity index (χ4v) is 4.50. The van der Waals surface area contributed by atoms with Crippen LogP contribution in [0.15, 0.2) is 0 Å². The predicted octanol–water partition coefficient (Wildman–Crippen LogP) is 2.80. The Balaban J connectivity index is 4.60. The Labute approximate surface area is 95.9 Å². The van der Waals surface area contributed by atoms with Crippen LogP contribution < -0.4 is 4.98 Å². The number of hydrogen-bond donors (Lipinski definition) is 1. The Morgan fingerprint density at radius 2 is 1.47 bits per heavy atom. The van der Waals surface area contributed by atoms with Gasteiger partial charge in [-0.05, 0) is 20.3 Å². The van der Waals surface area contributed by atoms with Crippen molar-refractivity contribution in [2.24, 2.45) is 0 Å². The van der Waals surface area contributed by atoms with Crippen LogP contribution in [-0.4, -0.2) is 28.0 Å². The molecule has 1 atom stereocenters. The molecule has 0 aliphatic rings. The Morgan fingerprint density at radius 3 is 1.73 bits per heavy atom. The molecule has 1 N–H and O–H groups in total. The first-order valence-electron chi connectivity index (χ1n) is 6.07. The molecular formula is C11H27NO2Si. The summed E-state index contributed by atoms with van der Waals surface area (Å²) >= 11 is 0. The smallest absolute Gasteiger partial charge is 0.383 e. The highest BCUT2D eigenvalue weighted by Crippen LogP contribution is 2.21. The molecule has 0 heterocycles. The summed E-state index contributed by atoms with van der Waals surface area (Å²) in [5.74, 6) is 0. The normalized spacial score (nSPS) is 14.6. The van der Waals surface area contributed by atoms with Crippen molar-refractivity contribution in [3.05, 3.63) is 0 Å². The lowest BCUT2D eigenvalue weighted by atomic mass is 10.3. The van der Waals surface area contributed by atoms with E-state index in [0.717, 1.165) is 6.42 Å². The van der Waals surface area contributed by atoms with E-state index in [0.29, 0.717) is 24.8 Å². The van der Waals surface area contributed by atoms with Crippen LogP contribution in [0.3, 0.4) is 0 Å². The minimum atomic E-state index is -2.21. The van der Waals surface area contributed by atoms with Gasteiger partial charge >= 0.3 is 8.72 Å². The number of nitrogens with one attached hydrogen (secondary N) is 1. The van der Waals surface area contributed by atoms with Crippen LogP contribution in [-0.2, 0) is 8.85 Å². The number of rotatable bonds is 8. The zero-order chi connectivity index (χ0) is 11.9. The lowest BCUT2D eigenvalue weighted by Crippen LogP contribution is -2.61. The van der Waals surface area contributed by atoms with E-state index in [1.807, 2.05) is 13.8 Å². The Hall–Kier alpha value is 0.0969. The van der Waals surface area contributed by atoms with Crippen LogP contribution in [0.25, 0.3) is 0 Å². The van der Waals surface area contributed by atoms with Gasteiger partial charge in [0, 0.05) is 24.8 Å². The average Bonchev–Trinajstić information content (AvgIpc) is 2.18. The summed E-state index contributed by atoms with van der Waals surface area (Å²) in [6.07, 6.45) is 1.10. The van der Waals surface area contributed by atoms with E-state index in [1.165, 1.54) is 0 Å². The van der Waals surface area contributed by atoms with Crippen LogP contribution >= 0.6 is 0 Å². The molecule has 3 nitrogen and oxygen atoms in total. The summed E-state index contributed by atoms with van der Waals surface area (Å²) in [7, 11) is -2.21. The second kappa shape index (κ2) is 7.38. The Morgan fingerprint density at radius 1 is 1.00 bits per heavy atom. The molecule has 4 heteroatoms. The monoisotopic (exact) mass is 233 g/mol. The van der Waals surface area contributed by atoms with Crippen molar-refractivity contribution in [3.8, 4) is 0 Å². The predicted molar refractivity (Wildman–Crippen MR) is 67.0 cm³/mol. The molecule has 0 spiro atoms. The van der Waals surface area contributed by atoms with Crippen LogP contribution in [0.2, 0.25) is 5.54 Å². The summed E-state index contributed by atoms with van der Waals surface area (Å²) in [6.45, 7) is 14.2. The van der Waals surface area contributed by atoms with Gasteiger partial charge in [-0.2, -0.15) is 0 Å². The molecule has 0 aromatic rings. The molecule has 0 saturated heterocycles. The molecule has 0 saturated carbocycles. The van der Waals surface area contributed by atoms with Crippen molar-refractivity contribution < 1.29 is 8.85 Å². The standard InChI is InChI=1S/C11H27NO2Si/c1-7-11(6)12-15(10(4)5,13-8-2)14-9-3/h10-12H,7-9H2,1-6H3. The van der Waals surface area contributed by atoms with E-state index < -0.39 is 8.72 Å². The highest BCUT2D eigenvalue weighted by molar-refractivity contribution is 6.66. The Bertz CT molecular complexity index is 159. The van der Waals surface area contributed by atoms with Gasteiger partial charge in [-0.1, -0.05) is 27.7 Å². The van der Waals surface area contributed by atoms with Crippen LogP contribution in [0.1, 0.15) is 48.0 Å². The summed E-state index contributed by atoms with van der Waals surface area (Å²) in [4.78, 5) is 3.58. The van der Waals surface area contributed by atoms with Gasteiger partial charge in [0.05, 0.1) is 0 Å². The Kier molecular flexibility index (Phi) is 7.43. The van der Waals surface area contributed by atoms with Gasteiger partial charge in [0.1, 0.15) is 0 Å². The molecule has 0 amide bonds. The van der Waals surface area contributed by atoms with Crippen molar-refractivity contribution in [2.75, 3.05) is 13.2 Å². The van der Waals surface area contributed by atoms with Gasteiger partial charge in [-0.15, -0.1) is 0 Å². The van der Waals surface area contributed by atoms with E-state index in [4.69, 9.17) is 8.85 Å². The van der Waals surface area contributed by atoms with Crippen LogP contribution in [0.4, 0.5) is 0 Å². The molecular weight excluding hydrogens is 206 g/mol. The highest BCUT2D eigenvalue weighted by Gasteiger charge is 2.42. The molecule has 0 radical (unpaired) electrons. The maximum Gasteiger partial charge on any atom is 0.427 e. The van der Waals surface area contributed by atoms with Gasteiger partial charge in [0.15, 0.2) is 0 Å². The van der Waals surface area contributed by atoms with Gasteiger partial charge in [-0.3, -0.25) is 4.98 Å². The van der Waals surface area contributed by atoms with Crippen LogP contribution in [0.5, 0.6) is 0 Å². The molecule has 0 rings (SSSR count). The largest absolute Gasteiger partial charge is 0.427 e. The minimum absolute atomic E-state index is 0.423. The fourth-order valence-electron chi connectivity index (χ4n) is 1.50. The van der Waals surface area contributed by atoms with E-state index in [-0.39, 0.29) is 0 Å². The van der Waals surface area contributed by atoms with Gasteiger partial charge in [0.25, 0.3) is 0 Å². The van der Waals surface area contributed by atoms with Crippen LogP contribution in [0, 0.1) is 0 Å². The third-order valence-corrected chi connectivity index (χ3v) is 6.39. The van der Waals surface area contributed by atoms with E-state index in [2.05, 4.69) is 32.7 Å². The summed E-state index contributed by atoms with van der Waals surface area (Å²) < 4.78 is 11.8. The first kappa shape index (κ1) is 15.1. The molecule has 92 valence electrons. The van der Waals surface area contributed by atoms with E-state index in [9.17, 15) is 0 Å². The molecule has 0 aromatic carbocycles. The molecule has 0 fully saturated rings. The minimum Gasteiger partial charge on any atom is -0.383 e. The first-order valence-corrected chi connectivity index (χ1v) is 7.97. The quantitative estimate of drug-likeness (QED) is 0.654. The molecule has 0 aliphatic carbocycles. The van der Waals surface area contributed by atoms with Gasteiger partial charge in [-0.25, -0.2) is 0 Å². The lowest BCUT2D eigenvalue weighted by molar-refractivity contribution is 0.159. The molecule has 15 heavy (non-hydrogen) atoms. The maximum atomic E-state index is 5.91. The fraction of sp³-hybridized carbons (Fsp3) is 1.00. The molecule has 1 unspecified atom stereocenters. The van der Waals surface area contributed by atoms with Crippen molar-refractivity contribution in [2.45, 2.75) is 59.5 Å². The summed E-state index contributed by atoms with van der Waals surface area (Å²) in [5.41, 5.74) is 0.423. The van der Waals surface area contributed by atoms with Crippen molar-refractivity contribution >= 4 is 8.72 Å². The van der Waals surface area contributed by atoms with Gasteiger partial charge < -0.3 is 8.85 Å². The first-order chi connectivity index (χ1) is 7.02. The van der Waals surface area contributed by atoms with Crippen molar-refractivity contribution in [3.63, 3.8) is 0 Å². The molecule has 0 aliphatic heterocycles. The second-order valence-corrected chi connectivity index (χ2v) is 7.50.